The number of nitrogens with zero attached hydrogens (tertiary/aromatic N) is 1. The molecule has 112 valence electrons. The van der Waals surface area contributed by atoms with E-state index in [9.17, 15) is 18.0 Å². The number of carboxylic acids is 1. The van der Waals surface area contributed by atoms with Crippen molar-refractivity contribution in [2.45, 2.75) is 12.7 Å². The molecule has 0 saturated carbocycles. The van der Waals surface area contributed by atoms with Crippen LogP contribution in [-0.4, -0.2) is 48.8 Å². The lowest BCUT2D eigenvalue weighted by molar-refractivity contribution is -0.146. The number of nitrogens with one attached hydrogen (secondary N) is 1. The van der Waals surface area contributed by atoms with E-state index in [1.54, 1.807) is 13.1 Å². The van der Waals surface area contributed by atoms with E-state index in [0.29, 0.717) is 12.1 Å². The smallest absolute Gasteiger partial charge is 0.401 e. The fourth-order valence-electron chi connectivity index (χ4n) is 1.80. The number of aromatic carboxylic acids is 1. The number of likely N-dealkylation sites (N-methyl/N-ethyl adjacent to an activating group) is 1. The van der Waals surface area contributed by atoms with Crippen LogP contribution in [0.5, 0.6) is 0 Å². The number of carboxylic acid groups (broad SMARTS) is 1. The van der Waals surface area contributed by atoms with Gasteiger partial charge >= 0.3 is 12.1 Å². The van der Waals surface area contributed by atoms with Gasteiger partial charge in [-0.3, -0.25) is 4.90 Å². The van der Waals surface area contributed by atoms with Crippen LogP contribution in [0, 0.1) is 0 Å². The average Bonchev–Trinajstić information content (AvgIpc) is 2.34. The van der Waals surface area contributed by atoms with Crippen LogP contribution in [0.4, 0.5) is 13.2 Å². The standard InChI is InChI=1S/C13H17F3N2O2/c1-17-5-6-18(9-13(14,15)16)8-10-3-2-4-11(7-10)12(19)20/h2-4,7,17H,5-6,8-9H2,1H3,(H,19,20). The van der Waals surface area contributed by atoms with E-state index < -0.39 is 18.7 Å². The summed E-state index contributed by atoms with van der Waals surface area (Å²) in [6.45, 7) is -0.309. The second kappa shape index (κ2) is 7.25. The van der Waals surface area contributed by atoms with Gasteiger partial charge in [0.05, 0.1) is 12.1 Å². The van der Waals surface area contributed by atoms with Gasteiger partial charge in [0.25, 0.3) is 0 Å². The Balaban J connectivity index is 2.77. The molecule has 0 aliphatic carbocycles. The molecule has 1 rings (SSSR count). The van der Waals surface area contributed by atoms with Gasteiger partial charge < -0.3 is 10.4 Å². The summed E-state index contributed by atoms with van der Waals surface area (Å²) in [7, 11) is 1.66. The molecule has 0 aromatic heterocycles. The molecule has 0 spiro atoms. The summed E-state index contributed by atoms with van der Waals surface area (Å²) in [5, 5.41) is 11.7. The SMILES string of the molecule is CNCCN(Cc1cccc(C(=O)O)c1)CC(F)(F)F. The highest BCUT2D eigenvalue weighted by Gasteiger charge is 2.30. The van der Waals surface area contributed by atoms with Crippen LogP contribution in [0.25, 0.3) is 0 Å². The van der Waals surface area contributed by atoms with Crippen molar-refractivity contribution in [1.29, 1.82) is 0 Å². The topological polar surface area (TPSA) is 52.6 Å². The summed E-state index contributed by atoms with van der Waals surface area (Å²) in [4.78, 5) is 12.1. The van der Waals surface area contributed by atoms with E-state index >= 15 is 0 Å². The number of rotatable bonds is 7. The Labute approximate surface area is 115 Å². The summed E-state index contributed by atoms with van der Waals surface area (Å²) < 4.78 is 37.5. The summed E-state index contributed by atoms with van der Waals surface area (Å²) in [6.07, 6.45) is -4.28. The monoisotopic (exact) mass is 290 g/mol. The largest absolute Gasteiger partial charge is 0.478 e. The summed E-state index contributed by atoms with van der Waals surface area (Å²) in [6, 6.07) is 5.95. The molecule has 0 atom stereocenters. The van der Waals surface area contributed by atoms with E-state index in [2.05, 4.69) is 5.32 Å². The van der Waals surface area contributed by atoms with Crippen molar-refractivity contribution in [3.8, 4) is 0 Å². The zero-order chi connectivity index (χ0) is 15.2. The molecule has 0 fully saturated rings. The van der Waals surface area contributed by atoms with E-state index in [-0.39, 0.29) is 18.7 Å². The first-order valence-corrected chi connectivity index (χ1v) is 6.08. The first kappa shape index (κ1) is 16.5. The van der Waals surface area contributed by atoms with Crippen molar-refractivity contribution in [2.75, 3.05) is 26.7 Å². The summed E-state index contributed by atoms with van der Waals surface area (Å²) >= 11 is 0. The molecule has 0 unspecified atom stereocenters. The van der Waals surface area contributed by atoms with Crippen molar-refractivity contribution in [2.24, 2.45) is 0 Å². The Hall–Kier alpha value is -1.60. The highest BCUT2D eigenvalue weighted by Crippen LogP contribution is 2.18. The van der Waals surface area contributed by atoms with Gasteiger partial charge in [-0.25, -0.2) is 4.79 Å². The molecule has 4 nitrogen and oxygen atoms in total. The zero-order valence-corrected chi connectivity index (χ0v) is 11.1. The lowest BCUT2D eigenvalue weighted by Crippen LogP contribution is -2.37. The maximum atomic E-state index is 12.5. The van der Waals surface area contributed by atoms with Gasteiger partial charge in [0, 0.05) is 19.6 Å². The van der Waals surface area contributed by atoms with Crippen molar-refractivity contribution >= 4 is 5.97 Å². The minimum Gasteiger partial charge on any atom is -0.478 e. The van der Waals surface area contributed by atoms with Crippen LogP contribution in [0.3, 0.4) is 0 Å². The molecule has 20 heavy (non-hydrogen) atoms. The lowest BCUT2D eigenvalue weighted by atomic mass is 10.1. The van der Waals surface area contributed by atoms with Crippen LogP contribution < -0.4 is 5.32 Å². The molecule has 0 saturated heterocycles. The molecule has 2 N–H and O–H groups in total. The molecule has 0 aliphatic rings. The molecule has 1 aromatic carbocycles. The number of carbonyl (C=O) groups is 1. The fraction of sp³-hybridized carbons (Fsp3) is 0.462. The lowest BCUT2D eigenvalue weighted by Gasteiger charge is -2.23. The van der Waals surface area contributed by atoms with Crippen LogP contribution in [0.2, 0.25) is 0 Å². The van der Waals surface area contributed by atoms with Gasteiger partial charge in [0.15, 0.2) is 0 Å². The molecule has 1 aromatic rings. The number of hydrogen-bond donors (Lipinski definition) is 2. The highest BCUT2D eigenvalue weighted by atomic mass is 19.4. The van der Waals surface area contributed by atoms with Crippen LogP contribution in [0.1, 0.15) is 15.9 Å². The summed E-state index contributed by atoms with van der Waals surface area (Å²) in [5.74, 6) is -1.09. The maximum absolute atomic E-state index is 12.5. The van der Waals surface area contributed by atoms with E-state index in [4.69, 9.17) is 5.11 Å². The first-order valence-electron chi connectivity index (χ1n) is 6.08. The molecule has 0 aliphatic heterocycles. The van der Waals surface area contributed by atoms with Crippen molar-refractivity contribution in [1.82, 2.24) is 10.2 Å². The number of benzene rings is 1. The van der Waals surface area contributed by atoms with Gasteiger partial charge in [-0.1, -0.05) is 12.1 Å². The second-order valence-electron chi connectivity index (χ2n) is 4.43. The second-order valence-corrected chi connectivity index (χ2v) is 4.43. The Morgan fingerprint density at radius 3 is 2.65 bits per heavy atom. The predicted octanol–water partition coefficient (Wildman–Crippen LogP) is 1.97. The van der Waals surface area contributed by atoms with Gasteiger partial charge in [0.2, 0.25) is 0 Å². The Morgan fingerprint density at radius 1 is 1.40 bits per heavy atom. The van der Waals surface area contributed by atoms with E-state index in [1.807, 2.05) is 0 Å². The van der Waals surface area contributed by atoms with Gasteiger partial charge in [-0.2, -0.15) is 13.2 Å². The average molecular weight is 290 g/mol. The Kier molecular flexibility index (Phi) is 5.97. The molecule has 0 amide bonds. The minimum absolute atomic E-state index is 0.0578. The van der Waals surface area contributed by atoms with Gasteiger partial charge in [-0.15, -0.1) is 0 Å². The predicted molar refractivity (Wildman–Crippen MR) is 68.7 cm³/mol. The zero-order valence-electron chi connectivity index (χ0n) is 11.1. The quantitative estimate of drug-likeness (QED) is 0.806. The third kappa shape index (κ3) is 6.03. The number of alkyl halides is 3. The van der Waals surface area contributed by atoms with Crippen molar-refractivity contribution in [3.05, 3.63) is 35.4 Å². The van der Waals surface area contributed by atoms with Crippen molar-refractivity contribution < 1.29 is 23.1 Å². The van der Waals surface area contributed by atoms with Crippen LogP contribution in [-0.2, 0) is 6.54 Å². The third-order valence-electron chi connectivity index (χ3n) is 2.66. The molecule has 7 heteroatoms. The van der Waals surface area contributed by atoms with Crippen molar-refractivity contribution in [3.63, 3.8) is 0 Å². The molecule has 0 heterocycles. The van der Waals surface area contributed by atoms with Gasteiger partial charge in [-0.05, 0) is 24.7 Å². The number of hydrogen-bond acceptors (Lipinski definition) is 3. The molecular formula is C13H17F3N2O2. The van der Waals surface area contributed by atoms with E-state index in [1.165, 1.54) is 23.1 Å². The molecule has 0 radical (unpaired) electrons. The van der Waals surface area contributed by atoms with E-state index in [0.717, 1.165) is 0 Å². The maximum Gasteiger partial charge on any atom is 0.401 e. The molecular weight excluding hydrogens is 273 g/mol. The Bertz CT molecular complexity index is 449. The highest BCUT2D eigenvalue weighted by molar-refractivity contribution is 5.87. The van der Waals surface area contributed by atoms with Crippen LogP contribution in [0.15, 0.2) is 24.3 Å². The number of halogens is 3. The summed E-state index contributed by atoms with van der Waals surface area (Å²) in [5.41, 5.74) is 0.619. The third-order valence-corrected chi connectivity index (χ3v) is 2.66. The fourth-order valence-corrected chi connectivity index (χ4v) is 1.80. The first-order chi connectivity index (χ1) is 9.31. The normalized spacial score (nSPS) is 11.8. The molecule has 0 bridgehead atoms. The Morgan fingerprint density at radius 2 is 2.10 bits per heavy atom. The van der Waals surface area contributed by atoms with Crippen LogP contribution >= 0.6 is 0 Å². The minimum atomic E-state index is -4.28. The van der Waals surface area contributed by atoms with Gasteiger partial charge in [0.1, 0.15) is 0 Å².